The normalized spacial score (nSPS) is 22.4. The van der Waals surface area contributed by atoms with Crippen LogP contribution in [-0.4, -0.2) is 52.5 Å². The fraction of sp³-hybridized carbons (Fsp3) is 0.857. The molecule has 0 unspecified atom stereocenters. The van der Waals surface area contributed by atoms with Crippen molar-refractivity contribution in [3.05, 3.63) is 0 Å². The second-order valence-electron chi connectivity index (χ2n) is 6.58. The van der Waals surface area contributed by atoms with Crippen molar-refractivity contribution in [2.45, 2.75) is 63.8 Å². The van der Waals surface area contributed by atoms with Gasteiger partial charge in [0, 0.05) is 25.9 Å². The topological polar surface area (TPSA) is 76.1 Å². The van der Waals surface area contributed by atoms with Crippen LogP contribution in [0.15, 0.2) is 0 Å². The first-order valence-electron chi connectivity index (χ1n) is 7.11. The van der Waals surface area contributed by atoms with Crippen LogP contribution in [0.1, 0.15) is 46.5 Å². The summed E-state index contributed by atoms with van der Waals surface area (Å²) in [6.45, 7) is 6.15. The number of carboxylic acids is 1. The minimum Gasteiger partial charge on any atom is -0.479 e. The number of hydrogen-bond acceptors (Lipinski definition) is 4. The molecule has 1 aliphatic heterocycles. The number of ether oxygens (including phenoxy) is 2. The van der Waals surface area contributed by atoms with Gasteiger partial charge < -0.3 is 19.5 Å². The number of carbonyl (C=O) groups is 2. The van der Waals surface area contributed by atoms with Crippen LogP contribution in [0.2, 0.25) is 0 Å². The number of aliphatic carboxylic acids is 1. The van der Waals surface area contributed by atoms with Crippen LogP contribution < -0.4 is 0 Å². The first-order valence-corrected chi connectivity index (χ1v) is 7.11. The van der Waals surface area contributed by atoms with E-state index in [0.717, 1.165) is 12.8 Å². The number of amides is 1. The summed E-state index contributed by atoms with van der Waals surface area (Å²) in [5.74, 6) is -0.923. The highest BCUT2D eigenvalue weighted by atomic mass is 16.6. The Morgan fingerprint density at radius 1 is 1.20 bits per heavy atom. The molecule has 20 heavy (non-hydrogen) atoms. The van der Waals surface area contributed by atoms with Crippen LogP contribution in [0.5, 0.6) is 0 Å². The zero-order valence-electron chi connectivity index (χ0n) is 12.3. The first-order chi connectivity index (χ1) is 9.22. The van der Waals surface area contributed by atoms with Crippen LogP contribution >= 0.6 is 0 Å². The molecule has 114 valence electrons. The van der Waals surface area contributed by atoms with Gasteiger partial charge >= 0.3 is 12.1 Å². The Morgan fingerprint density at radius 2 is 1.75 bits per heavy atom. The number of likely N-dealkylation sites (tertiary alicyclic amines) is 1. The van der Waals surface area contributed by atoms with E-state index in [1.165, 1.54) is 0 Å². The predicted molar refractivity (Wildman–Crippen MR) is 71.5 cm³/mol. The fourth-order valence-electron chi connectivity index (χ4n) is 2.26. The molecule has 6 nitrogen and oxygen atoms in total. The van der Waals surface area contributed by atoms with E-state index in [1.807, 2.05) is 20.8 Å². The van der Waals surface area contributed by atoms with E-state index in [9.17, 15) is 14.7 Å². The molecule has 0 aromatic heterocycles. The Hall–Kier alpha value is -1.30. The highest BCUT2D eigenvalue weighted by Gasteiger charge is 2.47. The molecular weight excluding hydrogens is 262 g/mol. The lowest BCUT2D eigenvalue weighted by Gasteiger charge is -2.39. The van der Waals surface area contributed by atoms with Crippen LogP contribution in [0.3, 0.4) is 0 Å². The van der Waals surface area contributed by atoms with E-state index in [1.54, 1.807) is 4.90 Å². The lowest BCUT2D eigenvalue weighted by atomic mass is 9.91. The summed E-state index contributed by atoms with van der Waals surface area (Å²) in [6.07, 6.45) is 2.20. The monoisotopic (exact) mass is 285 g/mol. The van der Waals surface area contributed by atoms with Crippen molar-refractivity contribution < 1.29 is 24.2 Å². The van der Waals surface area contributed by atoms with Gasteiger partial charge in [0.05, 0.1) is 6.10 Å². The fourth-order valence-corrected chi connectivity index (χ4v) is 2.26. The summed E-state index contributed by atoms with van der Waals surface area (Å²) in [4.78, 5) is 25.0. The smallest absolute Gasteiger partial charge is 0.410 e. The molecule has 0 aromatic carbocycles. The van der Waals surface area contributed by atoms with Gasteiger partial charge in [-0.1, -0.05) is 0 Å². The lowest BCUT2D eigenvalue weighted by molar-refractivity contribution is -0.174. The maximum atomic E-state index is 11.9. The lowest BCUT2D eigenvalue weighted by Crippen LogP contribution is -2.53. The van der Waals surface area contributed by atoms with Gasteiger partial charge in [0.1, 0.15) is 5.60 Å². The van der Waals surface area contributed by atoms with Crippen molar-refractivity contribution >= 4 is 12.1 Å². The van der Waals surface area contributed by atoms with E-state index in [4.69, 9.17) is 9.47 Å². The Kier molecular flexibility index (Phi) is 3.95. The van der Waals surface area contributed by atoms with E-state index in [0.29, 0.717) is 25.9 Å². The van der Waals surface area contributed by atoms with E-state index in [2.05, 4.69) is 0 Å². The SMILES string of the molecule is CC(C)(C)OC(=O)N1CCC(OC2CC2)(C(=O)O)CC1. The van der Waals surface area contributed by atoms with Crippen molar-refractivity contribution in [3.8, 4) is 0 Å². The largest absolute Gasteiger partial charge is 0.479 e. The van der Waals surface area contributed by atoms with Gasteiger partial charge in [-0.3, -0.25) is 0 Å². The number of carbonyl (C=O) groups excluding carboxylic acids is 1. The Labute approximate surface area is 119 Å². The maximum absolute atomic E-state index is 11.9. The second-order valence-corrected chi connectivity index (χ2v) is 6.58. The zero-order chi connectivity index (χ0) is 15.0. The summed E-state index contributed by atoms with van der Waals surface area (Å²) in [5.41, 5.74) is -1.66. The van der Waals surface area contributed by atoms with Crippen LogP contribution in [0.4, 0.5) is 4.79 Å². The first kappa shape index (κ1) is 15.1. The molecule has 1 saturated heterocycles. The van der Waals surface area contributed by atoms with Crippen molar-refractivity contribution in [1.29, 1.82) is 0 Å². The standard InChI is InChI=1S/C14H23NO5/c1-13(2,3)20-12(18)15-8-6-14(7-9-15,11(16)17)19-10-4-5-10/h10H,4-9H2,1-3H3,(H,16,17). The molecule has 0 spiro atoms. The van der Waals surface area contributed by atoms with Gasteiger partial charge in [-0.15, -0.1) is 0 Å². The molecule has 2 rings (SSSR count). The minimum absolute atomic E-state index is 0.0826. The number of nitrogens with zero attached hydrogens (tertiary/aromatic N) is 1. The van der Waals surface area contributed by atoms with Crippen molar-refractivity contribution in [3.63, 3.8) is 0 Å². The van der Waals surface area contributed by atoms with Gasteiger partial charge in [0.15, 0.2) is 5.60 Å². The van der Waals surface area contributed by atoms with Crippen molar-refractivity contribution in [1.82, 2.24) is 4.90 Å². The summed E-state index contributed by atoms with van der Waals surface area (Å²) in [5, 5.41) is 9.42. The van der Waals surface area contributed by atoms with Crippen molar-refractivity contribution in [2.75, 3.05) is 13.1 Å². The Bertz CT molecular complexity index is 389. The van der Waals surface area contributed by atoms with Gasteiger partial charge in [-0.25, -0.2) is 9.59 Å². The molecule has 2 fully saturated rings. The predicted octanol–water partition coefficient (Wildman–Crippen LogP) is 2.02. The molecule has 2 aliphatic rings. The Morgan fingerprint density at radius 3 is 2.15 bits per heavy atom. The van der Waals surface area contributed by atoms with Crippen LogP contribution in [-0.2, 0) is 14.3 Å². The summed E-state index contributed by atoms with van der Waals surface area (Å²) < 4.78 is 11.0. The zero-order valence-corrected chi connectivity index (χ0v) is 12.3. The highest BCUT2D eigenvalue weighted by Crippen LogP contribution is 2.35. The van der Waals surface area contributed by atoms with Gasteiger partial charge in [-0.2, -0.15) is 0 Å². The van der Waals surface area contributed by atoms with Gasteiger partial charge in [0.25, 0.3) is 0 Å². The van der Waals surface area contributed by atoms with Crippen molar-refractivity contribution in [2.24, 2.45) is 0 Å². The third-order valence-electron chi connectivity index (χ3n) is 3.53. The third-order valence-corrected chi connectivity index (χ3v) is 3.53. The average molecular weight is 285 g/mol. The molecule has 1 aliphatic carbocycles. The number of hydrogen-bond donors (Lipinski definition) is 1. The highest BCUT2D eigenvalue weighted by molar-refractivity contribution is 5.78. The molecule has 0 aromatic rings. The molecule has 1 amide bonds. The van der Waals surface area contributed by atoms with E-state index in [-0.39, 0.29) is 12.2 Å². The third kappa shape index (κ3) is 3.62. The second kappa shape index (κ2) is 5.24. The number of piperidine rings is 1. The molecule has 1 heterocycles. The summed E-state index contributed by atoms with van der Waals surface area (Å²) in [7, 11) is 0. The van der Waals surface area contributed by atoms with Crippen LogP contribution in [0, 0.1) is 0 Å². The van der Waals surface area contributed by atoms with Gasteiger partial charge in [0.2, 0.25) is 0 Å². The quantitative estimate of drug-likeness (QED) is 0.858. The molecule has 0 bridgehead atoms. The number of rotatable bonds is 3. The minimum atomic E-state index is -1.13. The maximum Gasteiger partial charge on any atom is 0.410 e. The molecule has 6 heteroatoms. The average Bonchev–Trinajstić information content (AvgIpc) is 3.11. The van der Waals surface area contributed by atoms with Crippen LogP contribution in [0.25, 0.3) is 0 Å². The molecule has 1 N–H and O–H groups in total. The molecular formula is C14H23NO5. The molecule has 0 radical (unpaired) electrons. The Balaban J connectivity index is 1.92. The molecule has 1 saturated carbocycles. The van der Waals surface area contributed by atoms with E-state index < -0.39 is 17.2 Å². The molecule has 0 atom stereocenters. The van der Waals surface area contributed by atoms with E-state index >= 15 is 0 Å². The summed E-state index contributed by atoms with van der Waals surface area (Å²) >= 11 is 0. The summed E-state index contributed by atoms with van der Waals surface area (Å²) in [6, 6.07) is 0. The number of carboxylic acid groups (broad SMARTS) is 1. The van der Waals surface area contributed by atoms with Gasteiger partial charge in [-0.05, 0) is 33.6 Å².